The molecular weight excluding hydrogens is 434 g/mol. The van der Waals surface area contributed by atoms with Crippen molar-refractivity contribution in [3.63, 3.8) is 0 Å². The van der Waals surface area contributed by atoms with Crippen LogP contribution in [0.3, 0.4) is 0 Å². The number of carbonyl (C=O) groups is 6. The number of rotatable bonds is 5. The summed E-state index contributed by atoms with van der Waals surface area (Å²) >= 11 is 0. The molecule has 33 heavy (non-hydrogen) atoms. The van der Waals surface area contributed by atoms with Crippen LogP contribution >= 0.6 is 0 Å². The zero-order valence-electron chi connectivity index (χ0n) is 18.0. The minimum atomic E-state index is -1.41. The lowest BCUT2D eigenvalue weighted by molar-refractivity contribution is -0.165. The fourth-order valence-electron chi connectivity index (χ4n) is 4.31. The summed E-state index contributed by atoms with van der Waals surface area (Å²) in [4.78, 5) is 75.9. The molecule has 0 aromatic heterocycles. The molecule has 174 valence electrons. The van der Waals surface area contributed by atoms with Gasteiger partial charge in [-0.3, -0.25) is 39.0 Å². The Kier molecular flexibility index (Phi) is 5.98. The van der Waals surface area contributed by atoms with E-state index in [1.54, 1.807) is 6.92 Å². The number of carbonyl (C=O) groups excluding carboxylic acids is 6. The van der Waals surface area contributed by atoms with Crippen molar-refractivity contribution in [1.82, 2.24) is 10.2 Å². The van der Waals surface area contributed by atoms with Crippen molar-refractivity contribution >= 4 is 41.2 Å². The highest BCUT2D eigenvalue weighted by Gasteiger charge is 2.49. The first kappa shape index (κ1) is 22.6. The summed E-state index contributed by atoms with van der Waals surface area (Å²) in [6, 6.07) is 3.10. The molecule has 0 bridgehead atoms. The molecule has 3 aliphatic rings. The van der Waals surface area contributed by atoms with E-state index in [9.17, 15) is 28.8 Å². The lowest BCUT2D eigenvalue weighted by Gasteiger charge is -2.33. The van der Waals surface area contributed by atoms with Crippen LogP contribution in [-0.4, -0.2) is 66.3 Å². The fraction of sp³-hybridized carbons (Fsp3) is 0.455. The molecule has 1 unspecified atom stereocenters. The Labute approximate surface area is 188 Å². The quantitative estimate of drug-likeness (QED) is 0.366. The minimum Gasteiger partial charge on any atom is -0.465 e. The van der Waals surface area contributed by atoms with Crippen molar-refractivity contribution in [1.29, 1.82) is 0 Å². The maximum atomic E-state index is 13.1. The average molecular weight is 457 g/mol. The number of anilines is 1. The van der Waals surface area contributed by atoms with Gasteiger partial charge in [0.1, 0.15) is 6.04 Å². The van der Waals surface area contributed by atoms with E-state index in [0.29, 0.717) is 0 Å². The number of nitrogens with one attached hydrogen (secondary N) is 2. The van der Waals surface area contributed by atoms with Crippen LogP contribution in [0.25, 0.3) is 0 Å². The Balaban J connectivity index is 1.57. The van der Waals surface area contributed by atoms with Crippen molar-refractivity contribution in [2.75, 3.05) is 25.1 Å². The van der Waals surface area contributed by atoms with Gasteiger partial charge in [0.2, 0.25) is 17.7 Å². The summed E-state index contributed by atoms with van der Waals surface area (Å²) in [5.74, 6) is -3.71. The lowest BCUT2D eigenvalue weighted by Crippen LogP contribution is -2.54. The van der Waals surface area contributed by atoms with Gasteiger partial charge < -0.3 is 14.8 Å². The van der Waals surface area contributed by atoms with Crippen LogP contribution in [0, 0.1) is 5.41 Å². The van der Waals surface area contributed by atoms with Gasteiger partial charge in [0, 0.05) is 25.3 Å². The predicted octanol–water partition coefficient (Wildman–Crippen LogP) is 0.386. The zero-order valence-corrected chi connectivity index (χ0v) is 18.0. The Morgan fingerprint density at radius 1 is 1.15 bits per heavy atom. The Morgan fingerprint density at radius 3 is 2.52 bits per heavy atom. The highest BCUT2D eigenvalue weighted by molar-refractivity contribution is 6.24. The second-order valence-corrected chi connectivity index (χ2v) is 8.08. The number of piperidine rings is 1. The largest absolute Gasteiger partial charge is 0.465 e. The van der Waals surface area contributed by atoms with Crippen molar-refractivity contribution in [2.24, 2.45) is 5.41 Å². The molecule has 1 aromatic rings. The summed E-state index contributed by atoms with van der Waals surface area (Å²) < 4.78 is 10.4. The highest BCUT2D eigenvalue weighted by atomic mass is 16.5. The van der Waals surface area contributed by atoms with Crippen molar-refractivity contribution in [3.8, 4) is 0 Å². The third-order valence-corrected chi connectivity index (χ3v) is 6.14. The van der Waals surface area contributed by atoms with Crippen LogP contribution in [0.5, 0.6) is 0 Å². The van der Waals surface area contributed by atoms with Crippen LogP contribution < -0.4 is 10.6 Å². The third kappa shape index (κ3) is 3.88. The fourth-order valence-corrected chi connectivity index (χ4v) is 4.31. The number of nitrogens with zero attached hydrogens (tertiary/aromatic N) is 1. The summed E-state index contributed by atoms with van der Waals surface area (Å²) in [7, 11) is 0. The molecule has 2 saturated heterocycles. The first-order chi connectivity index (χ1) is 15.8. The smallest absolute Gasteiger partial charge is 0.321 e. The number of ether oxygens (including phenoxy) is 2. The molecule has 1 atom stereocenters. The molecule has 0 spiro atoms. The predicted molar refractivity (Wildman–Crippen MR) is 111 cm³/mol. The molecule has 3 heterocycles. The van der Waals surface area contributed by atoms with Crippen molar-refractivity contribution in [3.05, 3.63) is 29.3 Å². The molecule has 4 rings (SSSR count). The monoisotopic (exact) mass is 457 g/mol. The number of esters is 1. The summed E-state index contributed by atoms with van der Waals surface area (Å²) in [6.45, 7) is 2.23. The molecular formula is C22H23N3O8. The average Bonchev–Trinajstić information content (AvgIpc) is 3.04. The first-order valence-corrected chi connectivity index (χ1v) is 10.7. The molecule has 2 N–H and O–H groups in total. The molecule has 11 heteroatoms. The van der Waals surface area contributed by atoms with Crippen LogP contribution in [-0.2, 0) is 28.7 Å². The van der Waals surface area contributed by atoms with Gasteiger partial charge in [-0.05, 0) is 44.4 Å². The Bertz CT molecular complexity index is 1060. The number of benzene rings is 1. The summed E-state index contributed by atoms with van der Waals surface area (Å²) in [6.07, 6.45) is 0.376. The molecule has 5 amide bonds. The van der Waals surface area contributed by atoms with Gasteiger partial charge in [-0.15, -0.1) is 0 Å². The van der Waals surface area contributed by atoms with Gasteiger partial charge in [0.05, 0.1) is 17.7 Å². The van der Waals surface area contributed by atoms with E-state index in [0.717, 1.165) is 4.90 Å². The molecule has 0 radical (unpaired) electrons. The zero-order chi connectivity index (χ0) is 23.8. The van der Waals surface area contributed by atoms with Crippen LogP contribution in [0.15, 0.2) is 18.2 Å². The standard InChI is InChI=1S/C22H23N3O8/c1-2-33-21(31)22(7-9-32-10-8-22)20(30)23-12-3-4-13-14(11-12)19(29)25(18(13)28)15-5-6-16(26)24-17(15)27/h3-4,11,15H,2,5-10H2,1H3,(H,23,30)(H,24,26,27). The second-order valence-electron chi connectivity index (χ2n) is 8.08. The van der Waals surface area contributed by atoms with Gasteiger partial charge in [-0.2, -0.15) is 0 Å². The normalized spacial score (nSPS) is 22.0. The van der Waals surface area contributed by atoms with Gasteiger partial charge in [-0.25, -0.2) is 0 Å². The summed E-state index contributed by atoms with van der Waals surface area (Å²) in [5.41, 5.74) is -1.07. The Hall–Kier alpha value is -3.60. The SMILES string of the molecule is CCOC(=O)C1(C(=O)Nc2ccc3c(c2)C(=O)N(C2CCC(=O)NC2=O)C3=O)CCOCC1. The van der Waals surface area contributed by atoms with Gasteiger partial charge >= 0.3 is 5.97 Å². The first-order valence-electron chi connectivity index (χ1n) is 10.7. The third-order valence-electron chi connectivity index (χ3n) is 6.14. The molecule has 2 fully saturated rings. The van der Waals surface area contributed by atoms with E-state index >= 15 is 0 Å². The molecule has 0 aliphatic carbocycles. The van der Waals surface area contributed by atoms with Crippen LogP contribution in [0.4, 0.5) is 5.69 Å². The van der Waals surface area contributed by atoms with E-state index in [4.69, 9.17) is 9.47 Å². The lowest BCUT2D eigenvalue weighted by atomic mass is 9.79. The number of hydrogen-bond acceptors (Lipinski definition) is 8. The highest BCUT2D eigenvalue weighted by Crippen LogP contribution is 2.35. The van der Waals surface area contributed by atoms with E-state index < -0.39 is 47.0 Å². The summed E-state index contributed by atoms with van der Waals surface area (Å²) in [5, 5.41) is 4.80. The number of imide groups is 2. The second kappa shape index (κ2) is 8.74. The Morgan fingerprint density at radius 2 is 1.85 bits per heavy atom. The van der Waals surface area contributed by atoms with Crippen LogP contribution in [0.1, 0.15) is 53.3 Å². The van der Waals surface area contributed by atoms with Gasteiger partial charge in [0.25, 0.3) is 11.8 Å². The number of fused-ring (bicyclic) bond motifs is 1. The van der Waals surface area contributed by atoms with E-state index in [2.05, 4.69) is 10.6 Å². The molecule has 11 nitrogen and oxygen atoms in total. The van der Waals surface area contributed by atoms with Gasteiger partial charge in [-0.1, -0.05) is 0 Å². The number of hydrogen-bond donors (Lipinski definition) is 2. The van der Waals surface area contributed by atoms with Crippen molar-refractivity contribution < 1.29 is 38.2 Å². The maximum absolute atomic E-state index is 13.1. The maximum Gasteiger partial charge on any atom is 0.321 e. The van der Waals surface area contributed by atoms with E-state index in [-0.39, 0.29) is 62.3 Å². The minimum absolute atomic E-state index is 0.0186. The van der Waals surface area contributed by atoms with Crippen LogP contribution in [0.2, 0.25) is 0 Å². The topological polar surface area (TPSA) is 148 Å². The number of amides is 5. The molecule has 0 saturated carbocycles. The van der Waals surface area contributed by atoms with E-state index in [1.807, 2.05) is 0 Å². The van der Waals surface area contributed by atoms with Gasteiger partial charge in [0.15, 0.2) is 5.41 Å². The van der Waals surface area contributed by atoms with E-state index in [1.165, 1.54) is 18.2 Å². The van der Waals surface area contributed by atoms with Crippen molar-refractivity contribution in [2.45, 2.75) is 38.6 Å². The molecule has 3 aliphatic heterocycles. The molecule has 1 aromatic carbocycles.